The van der Waals surface area contributed by atoms with Gasteiger partial charge in [-0.2, -0.15) is 0 Å². The number of benzene rings is 2. The second kappa shape index (κ2) is 7.24. The van der Waals surface area contributed by atoms with E-state index in [0.717, 1.165) is 16.8 Å². The predicted octanol–water partition coefficient (Wildman–Crippen LogP) is 3.95. The summed E-state index contributed by atoms with van der Waals surface area (Å²) in [5, 5.41) is 15.8. The van der Waals surface area contributed by atoms with Gasteiger partial charge in [0.05, 0.1) is 0 Å². The molecule has 5 heteroatoms. The van der Waals surface area contributed by atoms with Crippen molar-refractivity contribution in [3.63, 3.8) is 0 Å². The predicted molar refractivity (Wildman–Crippen MR) is 97.1 cm³/mol. The Balaban J connectivity index is 2.14. The van der Waals surface area contributed by atoms with Crippen LogP contribution in [-0.2, 0) is 0 Å². The lowest BCUT2D eigenvalue weighted by Crippen LogP contribution is -2.34. The molecule has 0 saturated carbocycles. The quantitative estimate of drug-likeness (QED) is 0.590. The maximum absolute atomic E-state index is 12.1. The highest BCUT2D eigenvalue weighted by Crippen LogP contribution is 2.30. The number of hydrogen-bond acceptors (Lipinski definition) is 3. The van der Waals surface area contributed by atoms with Crippen LogP contribution in [-0.4, -0.2) is 16.1 Å². The van der Waals surface area contributed by atoms with Crippen molar-refractivity contribution in [2.24, 2.45) is 0 Å². The highest BCUT2D eigenvalue weighted by molar-refractivity contribution is 7.80. The first kappa shape index (κ1) is 17.0. The van der Waals surface area contributed by atoms with Crippen LogP contribution in [0, 0.1) is 6.92 Å². The van der Waals surface area contributed by atoms with Gasteiger partial charge < -0.3 is 10.4 Å². The monoisotopic (exact) mass is 328 g/mol. The van der Waals surface area contributed by atoms with Crippen molar-refractivity contribution in [2.45, 2.75) is 26.7 Å². The van der Waals surface area contributed by atoms with Crippen LogP contribution in [0.2, 0.25) is 0 Å². The van der Waals surface area contributed by atoms with Crippen LogP contribution in [0.4, 0.5) is 5.69 Å². The Hall–Kier alpha value is -2.40. The fourth-order valence-corrected chi connectivity index (χ4v) is 2.42. The number of thiocarbonyl (C=S) groups is 1. The van der Waals surface area contributed by atoms with Crippen molar-refractivity contribution in [1.29, 1.82) is 0 Å². The Morgan fingerprint density at radius 2 is 1.83 bits per heavy atom. The van der Waals surface area contributed by atoms with Crippen molar-refractivity contribution >= 4 is 28.9 Å². The van der Waals surface area contributed by atoms with E-state index in [1.54, 1.807) is 30.3 Å². The zero-order valence-corrected chi connectivity index (χ0v) is 14.2. The molecule has 0 radical (unpaired) electrons. The summed E-state index contributed by atoms with van der Waals surface area (Å²) in [6, 6.07) is 12.4. The number of amides is 1. The molecule has 0 bridgehead atoms. The second-order valence-corrected chi connectivity index (χ2v) is 6.06. The standard InChI is InChI=1S/C18H20N2O2S/c1-11(2)14-10-16(21)12(3)9-15(14)19-18(23)20-17(22)13-7-5-4-6-8-13/h4-11,21H,1-3H3,(H2,19,20,22,23). The van der Waals surface area contributed by atoms with Crippen molar-refractivity contribution in [2.75, 3.05) is 5.32 Å². The molecule has 0 aliphatic heterocycles. The first-order valence-electron chi connectivity index (χ1n) is 7.39. The molecule has 120 valence electrons. The minimum Gasteiger partial charge on any atom is -0.508 e. The number of phenolic OH excluding ortho intramolecular Hbond substituents is 1. The van der Waals surface area contributed by atoms with Gasteiger partial charge in [0.15, 0.2) is 5.11 Å². The number of hydrogen-bond donors (Lipinski definition) is 3. The van der Waals surface area contributed by atoms with E-state index in [4.69, 9.17) is 12.2 Å². The first-order chi connectivity index (χ1) is 10.9. The van der Waals surface area contributed by atoms with Gasteiger partial charge in [-0.3, -0.25) is 10.1 Å². The van der Waals surface area contributed by atoms with Gasteiger partial charge in [-0.15, -0.1) is 0 Å². The topological polar surface area (TPSA) is 61.4 Å². The summed E-state index contributed by atoms with van der Waals surface area (Å²) in [7, 11) is 0. The van der Waals surface area contributed by atoms with Crippen LogP contribution in [0.5, 0.6) is 5.75 Å². The molecule has 4 nitrogen and oxygen atoms in total. The van der Waals surface area contributed by atoms with Gasteiger partial charge in [-0.05, 0) is 60.5 Å². The molecule has 0 unspecified atom stereocenters. The molecule has 0 fully saturated rings. The SMILES string of the molecule is Cc1cc(NC(=S)NC(=O)c2ccccc2)c(C(C)C)cc1O. The number of anilines is 1. The lowest BCUT2D eigenvalue weighted by molar-refractivity contribution is 0.0977. The molecular weight excluding hydrogens is 308 g/mol. The highest BCUT2D eigenvalue weighted by atomic mass is 32.1. The Morgan fingerprint density at radius 3 is 2.43 bits per heavy atom. The number of aromatic hydroxyl groups is 1. The Labute approximate surface area is 141 Å². The number of rotatable bonds is 3. The first-order valence-corrected chi connectivity index (χ1v) is 7.80. The van der Waals surface area contributed by atoms with Crippen LogP contribution >= 0.6 is 12.2 Å². The molecule has 3 N–H and O–H groups in total. The van der Waals surface area contributed by atoms with Crippen molar-refractivity contribution in [3.8, 4) is 5.75 Å². The molecule has 0 aliphatic carbocycles. The summed E-state index contributed by atoms with van der Waals surface area (Å²) < 4.78 is 0. The van der Waals surface area contributed by atoms with Gasteiger partial charge in [0.2, 0.25) is 0 Å². The zero-order chi connectivity index (χ0) is 17.0. The average molecular weight is 328 g/mol. The normalized spacial score (nSPS) is 10.4. The van der Waals surface area contributed by atoms with Gasteiger partial charge in [0, 0.05) is 11.3 Å². The van der Waals surface area contributed by atoms with Crippen LogP contribution in [0.3, 0.4) is 0 Å². The largest absolute Gasteiger partial charge is 0.508 e. The summed E-state index contributed by atoms with van der Waals surface area (Å²) in [6.45, 7) is 5.87. The molecule has 0 atom stereocenters. The van der Waals surface area contributed by atoms with Crippen LogP contribution < -0.4 is 10.6 Å². The van der Waals surface area contributed by atoms with E-state index in [-0.39, 0.29) is 22.7 Å². The number of nitrogens with one attached hydrogen (secondary N) is 2. The van der Waals surface area contributed by atoms with Gasteiger partial charge in [0.1, 0.15) is 5.75 Å². The third kappa shape index (κ3) is 4.29. The van der Waals surface area contributed by atoms with Gasteiger partial charge in [0.25, 0.3) is 5.91 Å². The van der Waals surface area contributed by atoms with Crippen molar-refractivity contribution < 1.29 is 9.90 Å². The van der Waals surface area contributed by atoms with Crippen LogP contribution in [0.25, 0.3) is 0 Å². The minimum atomic E-state index is -0.260. The van der Waals surface area contributed by atoms with E-state index in [9.17, 15) is 9.90 Å². The second-order valence-electron chi connectivity index (χ2n) is 5.65. The number of carbonyl (C=O) groups excluding carboxylic acids is 1. The number of phenols is 1. The van der Waals surface area contributed by atoms with Gasteiger partial charge in [-0.1, -0.05) is 32.0 Å². The van der Waals surface area contributed by atoms with E-state index in [1.165, 1.54) is 0 Å². The van der Waals surface area contributed by atoms with E-state index in [2.05, 4.69) is 10.6 Å². The fraction of sp³-hybridized carbons (Fsp3) is 0.222. The third-order valence-electron chi connectivity index (χ3n) is 3.50. The highest BCUT2D eigenvalue weighted by Gasteiger charge is 2.13. The minimum absolute atomic E-state index is 0.205. The molecular formula is C18H20N2O2S. The van der Waals surface area contributed by atoms with E-state index in [1.807, 2.05) is 32.9 Å². The molecule has 2 aromatic carbocycles. The molecule has 0 saturated heterocycles. The fourth-order valence-electron chi connectivity index (χ4n) is 2.22. The van der Waals surface area contributed by atoms with E-state index < -0.39 is 0 Å². The third-order valence-corrected chi connectivity index (χ3v) is 3.71. The molecule has 2 rings (SSSR count). The summed E-state index contributed by atoms with van der Waals surface area (Å²) in [5.41, 5.74) is 3.01. The molecule has 23 heavy (non-hydrogen) atoms. The molecule has 2 aromatic rings. The Bertz CT molecular complexity index is 727. The van der Waals surface area contributed by atoms with E-state index in [0.29, 0.717) is 5.56 Å². The summed E-state index contributed by atoms with van der Waals surface area (Å²) in [5.74, 6) is 0.194. The molecule has 0 aliphatic rings. The molecule has 1 amide bonds. The number of carbonyl (C=O) groups is 1. The van der Waals surface area contributed by atoms with Crippen molar-refractivity contribution in [3.05, 3.63) is 59.2 Å². The van der Waals surface area contributed by atoms with Crippen LogP contribution in [0.15, 0.2) is 42.5 Å². The molecule has 0 aromatic heterocycles. The van der Waals surface area contributed by atoms with Gasteiger partial charge in [-0.25, -0.2) is 0 Å². The van der Waals surface area contributed by atoms with Crippen molar-refractivity contribution in [1.82, 2.24) is 5.32 Å². The summed E-state index contributed by atoms with van der Waals surface area (Å²) >= 11 is 5.23. The lowest BCUT2D eigenvalue weighted by atomic mass is 9.98. The van der Waals surface area contributed by atoms with Gasteiger partial charge >= 0.3 is 0 Å². The summed E-state index contributed by atoms with van der Waals surface area (Å²) in [6.07, 6.45) is 0. The smallest absolute Gasteiger partial charge is 0.257 e. The van der Waals surface area contributed by atoms with Crippen LogP contribution in [0.1, 0.15) is 41.3 Å². The maximum Gasteiger partial charge on any atom is 0.257 e. The maximum atomic E-state index is 12.1. The molecule has 0 spiro atoms. The average Bonchev–Trinajstić information content (AvgIpc) is 2.51. The summed E-state index contributed by atoms with van der Waals surface area (Å²) in [4.78, 5) is 12.1. The zero-order valence-electron chi connectivity index (χ0n) is 13.4. The number of aryl methyl sites for hydroxylation is 1. The Morgan fingerprint density at radius 1 is 1.17 bits per heavy atom. The van der Waals surface area contributed by atoms with E-state index >= 15 is 0 Å². The Kier molecular flexibility index (Phi) is 5.34. The molecule has 0 heterocycles. The lowest BCUT2D eigenvalue weighted by Gasteiger charge is -2.17.